The normalized spacial score (nSPS) is 15.8. The first-order valence-corrected chi connectivity index (χ1v) is 4.67. The van der Waals surface area contributed by atoms with Crippen molar-refractivity contribution in [2.75, 3.05) is 13.2 Å². The highest BCUT2D eigenvalue weighted by Gasteiger charge is 2.20. The van der Waals surface area contributed by atoms with Crippen molar-refractivity contribution < 1.29 is 9.53 Å². The van der Waals surface area contributed by atoms with Crippen molar-refractivity contribution >= 4 is 6.09 Å². The topological polar surface area (TPSA) is 40.4 Å². The second-order valence-corrected chi connectivity index (χ2v) is 3.17. The van der Waals surface area contributed by atoms with Crippen LogP contribution in [-0.4, -0.2) is 19.2 Å². The van der Waals surface area contributed by atoms with Gasteiger partial charge in [-0.15, -0.1) is 0 Å². The molecular formula is C9H16NO2. The first kappa shape index (κ1) is 9.36. The van der Waals surface area contributed by atoms with E-state index in [9.17, 15) is 4.79 Å². The van der Waals surface area contributed by atoms with Crippen LogP contribution in [0.5, 0.6) is 0 Å². The fourth-order valence-corrected chi connectivity index (χ4v) is 1.13. The molecule has 12 heavy (non-hydrogen) atoms. The molecule has 3 nitrogen and oxygen atoms in total. The van der Waals surface area contributed by atoms with E-state index in [1.54, 1.807) is 6.92 Å². The number of ether oxygens (including phenoxy) is 1. The number of carbonyl (C=O) groups excluding carboxylic acids is 1. The van der Waals surface area contributed by atoms with Crippen molar-refractivity contribution in [3.8, 4) is 0 Å². The first-order valence-electron chi connectivity index (χ1n) is 4.67. The molecule has 0 saturated heterocycles. The van der Waals surface area contributed by atoms with Gasteiger partial charge in [-0.05, 0) is 25.7 Å². The van der Waals surface area contributed by atoms with Crippen LogP contribution in [0, 0.1) is 5.92 Å². The Morgan fingerprint density at radius 3 is 2.92 bits per heavy atom. The Hall–Kier alpha value is -0.730. The molecule has 1 aliphatic carbocycles. The molecule has 1 amide bonds. The summed E-state index contributed by atoms with van der Waals surface area (Å²) in [5.41, 5.74) is 0. The Bertz CT molecular complexity index is 143. The molecule has 0 aliphatic heterocycles. The lowest BCUT2D eigenvalue weighted by Gasteiger charge is -2.00. The van der Waals surface area contributed by atoms with Crippen LogP contribution in [0.25, 0.3) is 0 Å². The lowest BCUT2D eigenvalue weighted by atomic mass is 10.2. The SMILES string of the molecule is CCOC(=O)[N]CCCC1CC1. The van der Waals surface area contributed by atoms with E-state index in [2.05, 4.69) is 10.1 Å². The fourth-order valence-electron chi connectivity index (χ4n) is 1.13. The lowest BCUT2D eigenvalue weighted by molar-refractivity contribution is 0.151. The van der Waals surface area contributed by atoms with Crippen LogP contribution in [0.15, 0.2) is 0 Å². The van der Waals surface area contributed by atoms with Gasteiger partial charge in [-0.25, -0.2) is 10.1 Å². The Morgan fingerprint density at radius 1 is 1.58 bits per heavy atom. The number of carbonyl (C=O) groups is 1. The van der Waals surface area contributed by atoms with Crippen LogP contribution in [0.1, 0.15) is 32.6 Å². The second kappa shape index (κ2) is 5.01. The van der Waals surface area contributed by atoms with E-state index in [0.717, 1.165) is 12.3 Å². The van der Waals surface area contributed by atoms with Crippen molar-refractivity contribution in [2.45, 2.75) is 32.6 Å². The number of rotatable bonds is 5. The standard InChI is InChI=1S/C9H16NO2/c1-2-12-9(11)10-7-3-4-8-5-6-8/h8H,2-7H2,1H3. The molecular weight excluding hydrogens is 154 g/mol. The molecule has 0 atom stereocenters. The largest absolute Gasteiger partial charge is 0.448 e. The maximum Gasteiger partial charge on any atom is 0.428 e. The maximum atomic E-state index is 10.7. The highest BCUT2D eigenvalue weighted by Crippen LogP contribution is 2.33. The summed E-state index contributed by atoms with van der Waals surface area (Å²) in [5, 5.41) is 3.75. The fraction of sp³-hybridized carbons (Fsp3) is 0.889. The molecule has 1 radical (unpaired) electrons. The van der Waals surface area contributed by atoms with Crippen LogP contribution < -0.4 is 5.32 Å². The number of hydrogen-bond donors (Lipinski definition) is 0. The molecule has 1 fully saturated rings. The van der Waals surface area contributed by atoms with E-state index >= 15 is 0 Å². The summed E-state index contributed by atoms with van der Waals surface area (Å²) in [6, 6.07) is 0. The number of hydrogen-bond acceptors (Lipinski definition) is 2. The van der Waals surface area contributed by atoms with E-state index in [4.69, 9.17) is 0 Å². The second-order valence-electron chi connectivity index (χ2n) is 3.17. The predicted octanol–water partition coefficient (Wildman–Crippen LogP) is 1.94. The molecule has 1 saturated carbocycles. The highest BCUT2D eigenvalue weighted by molar-refractivity contribution is 5.66. The van der Waals surface area contributed by atoms with Gasteiger partial charge in [-0.1, -0.05) is 12.8 Å². The van der Waals surface area contributed by atoms with Gasteiger partial charge in [0, 0.05) is 6.54 Å². The zero-order chi connectivity index (χ0) is 8.81. The van der Waals surface area contributed by atoms with E-state index in [1.807, 2.05) is 0 Å². The summed E-state index contributed by atoms with van der Waals surface area (Å²) >= 11 is 0. The monoisotopic (exact) mass is 170 g/mol. The van der Waals surface area contributed by atoms with E-state index in [0.29, 0.717) is 13.2 Å². The van der Waals surface area contributed by atoms with Gasteiger partial charge < -0.3 is 4.74 Å². The summed E-state index contributed by atoms with van der Waals surface area (Å²) in [6.07, 6.45) is 4.60. The molecule has 69 valence electrons. The van der Waals surface area contributed by atoms with Gasteiger partial charge in [0.25, 0.3) is 0 Å². The number of amides is 1. The lowest BCUT2D eigenvalue weighted by Crippen LogP contribution is -2.17. The zero-order valence-corrected chi connectivity index (χ0v) is 7.58. The molecule has 0 spiro atoms. The molecule has 0 unspecified atom stereocenters. The zero-order valence-electron chi connectivity index (χ0n) is 7.58. The van der Waals surface area contributed by atoms with Crippen molar-refractivity contribution in [3.63, 3.8) is 0 Å². The summed E-state index contributed by atoms with van der Waals surface area (Å²) in [5.74, 6) is 0.933. The van der Waals surface area contributed by atoms with Gasteiger partial charge in [-0.3, -0.25) is 0 Å². The van der Waals surface area contributed by atoms with Crippen LogP contribution in [0.2, 0.25) is 0 Å². The molecule has 1 aliphatic rings. The minimum Gasteiger partial charge on any atom is -0.448 e. The molecule has 0 aromatic heterocycles. The minimum absolute atomic E-state index is 0.409. The van der Waals surface area contributed by atoms with Crippen molar-refractivity contribution in [2.24, 2.45) is 5.92 Å². The van der Waals surface area contributed by atoms with Crippen LogP contribution in [0.3, 0.4) is 0 Å². The van der Waals surface area contributed by atoms with Crippen LogP contribution in [-0.2, 0) is 4.74 Å². The smallest absolute Gasteiger partial charge is 0.428 e. The first-order chi connectivity index (χ1) is 5.83. The molecule has 1 rings (SSSR count). The highest BCUT2D eigenvalue weighted by atomic mass is 16.5. The third kappa shape index (κ3) is 4.21. The predicted molar refractivity (Wildman–Crippen MR) is 46.0 cm³/mol. The van der Waals surface area contributed by atoms with E-state index in [-0.39, 0.29) is 0 Å². The third-order valence-electron chi connectivity index (χ3n) is 1.98. The van der Waals surface area contributed by atoms with Gasteiger partial charge in [-0.2, -0.15) is 0 Å². The van der Waals surface area contributed by atoms with Crippen LogP contribution >= 0.6 is 0 Å². The van der Waals surface area contributed by atoms with E-state index in [1.165, 1.54) is 19.3 Å². The van der Waals surface area contributed by atoms with Gasteiger partial charge in [0.2, 0.25) is 0 Å². The van der Waals surface area contributed by atoms with E-state index < -0.39 is 6.09 Å². The Labute approximate surface area is 73.5 Å². The van der Waals surface area contributed by atoms with Crippen LogP contribution in [0.4, 0.5) is 4.79 Å². The average molecular weight is 170 g/mol. The van der Waals surface area contributed by atoms with Gasteiger partial charge in [0.05, 0.1) is 6.61 Å². The summed E-state index contributed by atoms with van der Waals surface area (Å²) in [4.78, 5) is 10.7. The maximum absolute atomic E-state index is 10.7. The molecule has 0 bridgehead atoms. The molecule has 3 heteroatoms. The summed E-state index contributed by atoms with van der Waals surface area (Å²) in [6.45, 7) is 2.85. The summed E-state index contributed by atoms with van der Waals surface area (Å²) < 4.78 is 4.66. The third-order valence-corrected chi connectivity index (χ3v) is 1.98. The Kier molecular flexibility index (Phi) is 3.91. The minimum atomic E-state index is -0.409. The average Bonchev–Trinajstić information content (AvgIpc) is 2.82. The van der Waals surface area contributed by atoms with Gasteiger partial charge in [0.15, 0.2) is 0 Å². The van der Waals surface area contributed by atoms with Crippen molar-refractivity contribution in [1.29, 1.82) is 0 Å². The molecule has 0 aromatic rings. The molecule has 0 heterocycles. The van der Waals surface area contributed by atoms with Gasteiger partial charge >= 0.3 is 6.09 Å². The van der Waals surface area contributed by atoms with Crippen molar-refractivity contribution in [3.05, 3.63) is 0 Å². The Balaban J connectivity index is 1.83. The summed E-state index contributed by atoms with van der Waals surface area (Å²) in [7, 11) is 0. The Morgan fingerprint density at radius 2 is 2.33 bits per heavy atom. The molecule has 0 N–H and O–H groups in total. The van der Waals surface area contributed by atoms with Gasteiger partial charge in [0.1, 0.15) is 0 Å². The molecule has 0 aromatic carbocycles. The number of nitrogens with zero attached hydrogens (tertiary/aromatic N) is 1. The van der Waals surface area contributed by atoms with Crippen molar-refractivity contribution in [1.82, 2.24) is 5.32 Å². The quantitative estimate of drug-likeness (QED) is 0.591.